The fraction of sp³-hybridized carbons (Fsp3) is 1.00. The maximum atomic E-state index is 11.1. The molecule has 0 aromatic rings. The van der Waals surface area contributed by atoms with Crippen molar-refractivity contribution >= 4 is 14.2 Å². The van der Waals surface area contributed by atoms with Crippen LogP contribution in [0.25, 0.3) is 0 Å². The van der Waals surface area contributed by atoms with Gasteiger partial charge in [0.2, 0.25) is 7.00 Å². The van der Waals surface area contributed by atoms with E-state index in [-0.39, 0.29) is 6.61 Å². The van der Waals surface area contributed by atoms with E-state index in [4.69, 9.17) is 9.63 Å². The highest BCUT2D eigenvalue weighted by atomic mass is 31.2. The summed E-state index contributed by atoms with van der Waals surface area (Å²) in [6, 6.07) is 0. The van der Waals surface area contributed by atoms with E-state index in [9.17, 15) is 4.57 Å². The molecule has 0 aliphatic rings. The Hall–Kier alpha value is 0.215. The molecule has 0 aliphatic carbocycles. The van der Waals surface area contributed by atoms with Crippen LogP contribution in [0.4, 0.5) is 0 Å². The average molecular weight is 163 g/mol. The maximum Gasteiger partial charge on any atom is 0.230 e. The van der Waals surface area contributed by atoms with Gasteiger partial charge in [0.1, 0.15) is 7.25 Å². The van der Waals surface area contributed by atoms with Gasteiger partial charge in [0.25, 0.3) is 0 Å². The zero-order chi connectivity index (χ0) is 8.04. The van der Waals surface area contributed by atoms with Crippen molar-refractivity contribution in [3.05, 3.63) is 0 Å². The molecule has 0 fully saturated rings. The molecule has 0 rings (SSSR count). The highest BCUT2D eigenvalue weighted by molar-refractivity contribution is 7.86. The van der Waals surface area contributed by atoms with E-state index in [2.05, 4.69) is 0 Å². The highest BCUT2D eigenvalue weighted by Gasteiger charge is 2.12. The van der Waals surface area contributed by atoms with E-state index in [0.717, 1.165) is 0 Å². The van der Waals surface area contributed by atoms with E-state index in [1.54, 1.807) is 20.5 Å². The molecule has 1 radical (unpaired) electrons. The molecule has 0 aromatic carbocycles. The molecular formula is C5H13BO3P. The first-order chi connectivity index (χ1) is 4.62. The van der Waals surface area contributed by atoms with Crippen molar-refractivity contribution in [2.75, 3.05) is 19.9 Å². The summed E-state index contributed by atoms with van der Waals surface area (Å²) in [6.07, 6.45) is 0.547. The quantitative estimate of drug-likeness (QED) is 0.373. The van der Waals surface area contributed by atoms with Crippen molar-refractivity contribution < 1.29 is 14.2 Å². The minimum Gasteiger partial charge on any atom is -0.396 e. The summed E-state index contributed by atoms with van der Waals surface area (Å²) in [7, 11) is -2.44. The van der Waals surface area contributed by atoms with Gasteiger partial charge in [-0.25, -0.2) is 0 Å². The monoisotopic (exact) mass is 163 g/mol. The zero-order valence-electron chi connectivity index (χ0n) is 6.41. The molecule has 0 amide bonds. The molecule has 5 heteroatoms. The van der Waals surface area contributed by atoms with Crippen LogP contribution in [0.2, 0.25) is 6.82 Å². The topological polar surface area (TPSA) is 46.5 Å². The summed E-state index contributed by atoms with van der Waals surface area (Å²) in [5, 5.41) is 8.36. The number of rotatable bonds is 5. The van der Waals surface area contributed by atoms with Gasteiger partial charge >= 0.3 is 0 Å². The summed E-state index contributed by atoms with van der Waals surface area (Å²) < 4.78 is 16.1. The Bertz CT molecular complexity index is 128. The van der Waals surface area contributed by atoms with Gasteiger partial charge in [-0.2, -0.15) is 0 Å². The van der Waals surface area contributed by atoms with Crippen molar-refractivity contribution in [1.29, 1.82) is 0 Å². The Kier molecular flexibility index (Phi) is 5.05. The lowest BCUT2D eigenvalue weighted by Crippen LogP contribution is -1.97. The Morgan fingerprint density at radius 1 is 1.70 bits per heavy atom. The van der Waals surface area contributed by atoms with Crippen LogP contribution in [0, 0.1) is 0 Å². The Morgan fingerprint density at radius 2 is 2.30 bits per heavy atom. The number of hydrogen-bond donors (Lipinski definition) is 1. The van der Waals surface area contributed by atoms with E-state index < -0.39 is 7.25 Å². The minimum absolute atomic E-state index is 0.0870. The largest absolute Gasteiger partial charge is 0.396 e. The summed E-state index contributed by atoms with van der Waals surface area (Å²) in [6.45, 7) is 5.28. The maximum absolute atomic E-state index is 11.1. The summed E-state index contributed by atoms with van der Waals surface area (Å²) >= 11 is 0. The van der Waals surface area contributed by atoms with E-state index in [0.29, 0.717) is 13.0 Å². The van der Waals surface area contributed by atoms with E-state index in [1.807, 2.05) is 0 Å². The molecule has 59 valence electrons. The second kappa shape index (κ2) is 4.94. The smallest absolute Gasteiger partial charge is 0.230 e. The Balaban J connectivity index is 3.38. The fourth-order valence-corrected chi connectivity index (χ4v) is 1.03. The molecule has 1 N–H and O–H groups in total. The normalized spacial score (nSPS) is 16.3. The zero-order valence-corrected chi connectivity index (χ0v) is 7.30. The number of aliphatic hydroxyl groups is 1. The lowest BCUT2D eigenvalue weighted by Gasteiger charge is -2.09. The summed E-state index contributed by atoms with van der Waals surface area (Å²) in [5.41, 5.74) is 0. The molecule has 0 bridgehead atoms. The van der Waals surface area contributed by atoms with Crippen LogP contribution < -0.4 is 0 Å². The van der Waals surface area contributed by atoms with Gasteiger partial charge in [-0.15, -0.1) is 0 Å². The molecule has 0 saturated carbocycles. The van der Waals surface area contributed by atoms with Gasteiger partial charge in [0.05, 0.1) is 6.61 Å². The molecule has 0 spiro atoms. The van der Waals surface area contributed by atoms with Gasteiger partial charge in [-0.1, -0.05) is 6.82 Å². The average Bonchev–Trinajstić information content (AvgIpc) is 1.89. The molecule has 0 aliphatic heterocycles. The van der Waals surface area contributed by atoms with E-state index >= 15 is 0 Å². The lowest BCUT2D eigenvalue weighted by atomic mass is 10.2. The van der Waals surface area contributed by atoms with Crippen LogP contribution in [-0.2, 0) is 9.09 Å². The van der Waals surface area contributed by atoms with Crippen LogP contribution in [-0.4, -0.2) is 32.0 Å². The van der Waals surface area contributed by atoms with Crippen LogP contribution in [0.3, 0.4) is 0 Å². The molecule has 3 nitrogen and oxygen atoms in total. The molecule has 0 heterocycles. The predicted octanol–water partition coefficient (Wildman–Crippen LogP) is 0.961. The predicted molar refractivity (Wildman–Crippen MR) is 42.8 cm³/mol. The molecular weight excluding hydrogens is 150 g/mol. The molecule has 10 heavy (non-hydrogen) atoms. The van der Waals surface area contributed by atoms with Crippen LogP contribution in [0.15, 0.2) is 0 Å². The Labute approximate surface area is 62.4 Å². The van der Waals surface area contributed by atoms with Crippen molar-refractivity contribution in [1.82, 2.24) is 0 Å². The third-order valence-electron chi connectivity index (χ3n) is 1.12. The highest BCUT2D eigenvalue weighted by Crippen LogP contribution is 2.39. The standard InChI is InChI=1S/C5H13BO3P/c1-6-10(2,8)9-5-3-4-7/h7H,3-5H2,1-2H3. The van der Waals surface area contributed by atoms with Crippen molar-refractivity contribution in [2.24, 2.45) is 0 Å². The van der Waals surface area contributed by atoms with Crippen LogP contribution in [0.5, 0.6) is 0 Å². The van der Waals surface area contributed by atoms with E-state index in [1.165, 1.54) is 0 Å². The molecule has 1 unspecified atom stereocenters. The third kappa shape index (κ3) is 5.04. The van der Waals surface area contributed by atoms with Crippen LogP contribution >= 0.6 is 7.25 Å². The summed E-state index contributed by atoms with van der Waals surface area (Å²) in [5.74, 6) is 0. The molecule has 0 aromatic heterocycles. The molecule has 0 saturated heterocycles. The summed E-state index contributed by atoms with van der Waals surface area (Å²) in [4.78, 5) is 0. The SMILES string of the molecule is C[B]P(C)(=O)OCCCO. The fourth-order valence-electron chi connectivity index (χ4n) is 0.385. The van der Waals surface area contributed by atoms with Gasteiger partial charge in [0.15, 0.2) is 0 Å². The minimum atomic E-state index is -2.44. The Morgan fingerprint density at radius 3 is 2.70 bits per heavy atom. The van der Waals surface area contributed by atoms with Crippen molar-refractivity contribution in [3.63, 3.8) is 0 Å². The molecule has 1 atom stereocenters. The van der Waals surface area contributed by atoms with Gasteiger partial charge in [0, 0.05) is 13.3 Å². The first-order valence-corrected chi connectivity index (χ1v) is 5.39. The lowest BCUT2D eigenvalue weighted by molar-refractivity contribution is 0.238. The van der Waals surface area contributed by atoms with Gasteiger partial charge < -0.3 is 14.2 Å². The van der Waals surface area contributed by atoms with Crippen molar-refractivity contribution in [3.8, 4) is 0 Å². The second-order valence-corrected chi connectivity index (χ2v) is 4.67. The third-order valence-corrected chi connectivity index (χ3v) is 2.75. The van der Waals surface area contributed by atoms with Gasteiger partial charge in [-0.3, -0.25) is 0 Å². The van der Waals surface area contributed by atoms with Crippen LogP contribution in [0.1, 0.15) is 6.42 Å². The van der Waals surface area contributed by atoms with Gasteiger partial charge in [-0.05, 0) is 6.42 Å². The number of aliphatic hydroxyl groups excluding tert-OH is 1. The second-order valence-electron chi connectivity index (χ2n) is 2.08. The number of hydrogen-bond acceptors (Lipinski definition) is 3. The first-order valence-electron chi connectivity index (χ1n) is 3.25. The van der Waals surface area contributed by atoms with Crippen molar-refractivity contribution in [2.45, 2.75) is 13.2 Å². The first kappa shape index (κ1) is 10.2.